The molecule has 29 heavy (non-hydrogen) atoms. The van der Waals surface area contributed by atoms with Gasteiger partial charge in [-0.1, -0.05) is 19.1 Å². The van der Waals surface area contributed by atoms with Gasteiger partial charge >= 0.3 is 0 Å². The van der Waals surface area contributed by atoms with E-state index in [9.17, 15) is 9.59 Å². The van der Waals surface area contributed by atoms with Crippen molar-refractivity contribution in [1.82, 2.24) is 4.90 Å². The van der Waals surface area contributed by atoms with Gasteiger partial charge in [-0.15, -0.1) is 0 Å². The second-order valence-corrected chi connectivity index (χ2v) is 10.5. The molecule has 1 aliphatic rings. The molecule has 0 aromatic heterocycles. The molecule has 2 aromatic rings. The highest BCUT2D eigenvalue weighted by molar-refractivity contribution is 14.1. The van der Waals surface area contributed by atoms with Crippen LogP contribution in [0.2, 0.25) is 0 Å². The molecule has 0 unspecified atom stereocenters. The Hall–Kier alpha value is -0.840. The Balaban J connectivity index is 1.78. The zero-order chi connectivity index (χ0) is 21.1. The third kappa shape index (κ3) is 5.45. The van der Waals surface area contributed by atoms with Gasteiger partial charge in [0.25, 0.3) is 11.1 Å². The van der Waals surface area contributed by atoms with Gasteiger partial charge in [-0.2, -0.15) is 0 Å². The summed E-state index contributed by atoms with van der Waals surface area (Å²) in [6, 6.07) is 11.8. The van der Waals surface area contributed by atoms with Gasteiger partial charge in [0, 0.05) is 9.61 Å². The Morgan fingerprint density at radius 1 is 1.17 bits per heavy atom. The van der Waals surface area contributed by atoms with Gasteiger partial charge in [0.05, 0.1) is 13.9 Å². The number of imide groups is 1. The van der Waals surface area contributed by atoms with Crippen molar-refractivity contribution in [2.75, 3.05) is 0 Å². The Morgan fingerprint density at radius 3 is 2.38 bits per heavy atom. The average Bonchev–Trinajstić information content (AvgIpc) is 2.95. The molecule has 152 valence electrons. The fourth-order valence-electron chi connectivity index (χ4n) is 2.73. The number of ether oxygens (including phenoxy) is 1. The van der Waals surface area contributed by atoms with Crippen LogP contribution in [0.4, 0.5) is 4.79 Å². The monoisotopic (exact) mass is 649 g/mol. The molecule has 0 radical (unpaired) electrons. The second-order valence-electron chi connectivity index (χ2n) is 6.54. The number of halogens is 3. The van der Waals surface area contributed by atoms with Gasteiger partial charge < -0.3 is 4.74 Å². The summed E-state index contributed by atoms with van der Waals surface area (Å²) in [7, 11) is 0. The lowest BCUT2D eigenvalue weighted by Crippen LogP contribution is -2.36. The van der Waals surface area contributed by atoms with E-state index in [2.05, 4.69) is 54.5 Å². The first-order valence-corrected chi connectivity index (χ1v) is 12.4. The number of thioether (sulfide) groups is 1. The highest BCUT2D eigenvalue weighted by Gasteiger charge is 2.37. The van der Waals surface area contributed by atoms with Crippen molar-refractivity contribution in [3.05, 3.63) is 64.9 Å². The topological polar surface area (TPSA) is 46.6 Å². The molecule has 2 aromatic carbocycles. The maximum absolute atomic E-state index is 12.6. The molecule has 0 spiro atoms. The molecule has 0 N–H and O–H groups in total. The lowest BCUT2D eigenvalue weighted by Gasteiger charge is -2.19. The Kier molecular flexibility index (Phi) is 7.86. The number of benzene rings is 2. The number of rotatable bonds is 6. The standard InChI is InChI=1S/C21H18Br2INO3S/c1-3-12(2)25-20(26)18(29-21(25)27)10-14-8-16(22)19(17(23)9-14)28-11-13-4-6-15(24)7-5-13/h4-10,12H,3,11H2,1-2H3/b18-10+/t12-/m0/s1. The maximum Gasteiger partial charge on any atom is 0.293 e. The summed E-state index contributed by atoms with van der Waals surface area (Å²) in [4.78, 5) is 26.6. The number of nitrogens with zero attached hydrogens (tertiary/aromatic N) is 1. The van der Waals surface area contributed by atoms with E-state index >= 15 is 0 Å². The van der Waals surface area contributed by atoms with Crippen molar-refractivity contribution in [2.24, 2.45) is 0 Å². The first kappa shape index (κ1) is 22.8. The molecular formula is C21H18Br2INO3S. The summed E-state index contributed by atoms with van der Waals surface area (Å²) < 4.78 is 8.68. The molecular weight excluding hydrogens is 633 g/mol. The predicted octanol–water partition coefficient (Wildman–Crippen LogP) is 7.23. The Bertz CT molecular complexity index is 955. The van der Waals surface area contributed by atoms with E-state index < -0.39 is 0 Å². The van der Waals surface area contributed by atoms with Crippen molar-refractivity contribution in [1.29, 1.82) is 0 Å². The van der Waals surface area contributed by atoms with Gasteiger partial charge in [-0.25, -0.2) is 0 Å². The molecule has 2 amide bonds. The van der Waals surface area contributed by atoms with Crippen LogP contribution in [0.15, 0.2) is 50.2 Å². The van der Waals surface area contributed by atoms with E-state index in [1.807, 2.05) is 50.2 Å². The maximum atomic E-state index is 12.6. The van der Waals surface area contributed by atoms with Crippen molar-refractivity contribution < 1.29 is 14.3 Å². The number of hydrogen-bond acceptors (Lipinski definition) is 4. The van der Waals surface area contributed by atoms with E-state index in [-0.39, 0.29) is 17.2 Å². The third-order valence-electron chi connectivity index (χ3n) is 4.47. The summed E-state index contributed by atoms with van der Waals surface area (Å²) in [6.07, 6.45) is 2.47. The summed E-state index contributed by atoms with van der Waals surface area (Å²) >= 11 is 10.4. The highest BCUT2D eigenvalue weighted by Crippen LogP contribution is 2.38. The van der Waals surface area contributed by atoms with Crippen LogP contribution < -0.4 is 4.74 Å². The minimum Gasteiger partial charge on any atom is -0.487 e. The van der Waals surface area contributed by atoms with E-state index in [4.69, 9.17) is 4.74 Å². The first-order chi connectivity index (χ1) is 13.8. The molecule has 0 bridgehead atoms. The predicted molar refractivity (Wildman–Crippen MR) is 133 cm³/mol. The first-order valence-electron chi connectivity index (χ1n) is 8.93. The van der Waals surface area contributed by atoms with Gasteiger partial charge in [0.1, 0.15) is 12.4 Å². The van der Waals surface area contributed by atoms with Crippen molar-refractivity contribution in [3.63, 3.8) is 0 Å². The molecule has 0 saturated carbocycles. The van der Waals surface area contributed by atoms with E-state index in [0.29, 0.717) is 17.3 Å². The van der Waals surface area contributed by atoms with Crippen molar-refractivity contribution >= 4 is 83.4 Å². The molecule has 1 aliphatic heterocycles. The molecule has 0 aliphatic carbocycles. The van der Waals surface area contributed by atoms with Crippen LogP contribution in [0.5, 0.6) is 5.75 Å². The Morgan fingerprint density at radius 2 is 1.79 bits per heavy atom. The largest absolute Gasteiger partial charge is 0.487 e. The summed E-state index contributed by atoms with van der Waals surface area (Å²) in [5.41, 5.74) is 1.88. The zero-order valence-electron chi connectivity index (χ0n) is 15.7. The van der Waals surface area contributed by atoms with Crippen LogP contribution in [-0.4, -0.2) is 22.1 Å². The molecule has 1 fully saturated rings. The van der Waals surface area contributed by atoms with Crippen LogP contribution in [-0.2, 0) is 11.4 Å². The van der Waals surface area contributed by atoms with Crippen LogP contribution in [0, 0.1) is 3.57 Å². The van der Waals surface area contributed by atoms with E-state index in [1.54, 1.807) is 6.08 Å². The van der Waals surface area contributed by atoms with E-state index in [0.717, 1.165) is 38.3 Å². The Labute approximate surface area is 204 Å². The molecule has 8 heteroatoms. The summed E-state index contributed by atoms with van der Waals surface area (Å²) in [5.74, 6) is 0.453. The third-order valence-corrected chi connectivity index (χ3v) is 7.25. The molecule has 1 atom stereocenters. The number of carbonyl (C=O) groups is 2. The number of carbonyl (C=O) groups excluding carboxylic acids is 2. The van der Waals surface area contributed by atoms with Gasteiger partial charge in [0.15, 0.2) is 0 Å². The zero-order valence-corrected chi connectivity index (χ0v) is 21.9. The minimum absolute atomic E-state index is 0.107. The van der Waals surface area contributed by atoms with Crippen molar-refractivity contribution in [2.45, 2.75) is 32.9 Å². The highest BCUT2D eigenvalue weighted by atomic mass is 127. The van der Waals surface area contributed by atoms with Gasteiger partial charge in [-0.3, -0.25) is 14.5 Å². The van der Waals surface area contributed by atoms with E-state index in [1.165, 1.54) is 8.47 Å². The smallest absolute Gasteiger partial charge is 0.293 e. The van der Waals surface area contributed by atoms with Crippen LogP contribution >= 0.6 is 66.2 Å². The fourth-order valence-corrected chi connectivity index (χ4v) is 5.47. The van der Waals surface area contributed by atoms with Gasteiger partial charge in [0.2, 0.25) is 0 Å². The van der Waals surface area contributed by atoms with Crippen molar-refractivity contribution in [3.8, 4) is 5.75 Å². The average molecular weight is 651 g/mol. The molecule has 1 saturated heterocycles. The van der Waals surface area contributed by atoms with Crippen LogP contribution in [0.3, 0.4) is 0 Å². The number of hydrogen-bond donors (Lipinski definition) is 0. The SMILES string of the molecule is CC[C@H](C)N1C(=O)S/C(=C/c2cc(Br)c(OCc3ccc(I)cc3)c(Br)c2)C1=O. The normalized spacial score (nSPS) is 16.6. The number of amides is 2. The van der Waals surface area contributed by atoms with Gasteiger partial charge in [-0.05, 0) is 121 Å². The van der Waals surface area contributed by atoms with Crippen LogP contribution in [0.1, 0.15) is 31.4 Å². The van der Waals surface area contributed by atoms with Crippen LogP contribution in [0.25, 0.3) is 6.08 Å². The fraction of sp³-hybridized carbons (Fsp3) is 0.238. The summed E-state index contributed by atoms with van der Waals surface area (Å²) in [6.45, 7) is 4.29. The lowest BCUT2D eigenvalue weighted by molar-refractivity contribution is -0.124. The minimum atomic E-state index is -0.236. The molecule has 3 rings (SSSR count). The molecule has 4 nitrogen and oxygen atoms in total. The quantitative estimate of drug-likeness (QED) is 0.245. The summed E-state index contributed by atoms with van der Waals surface area (Å²) in [5, 5.41) is -0.216. The lowest BCUT2D eigenvalue weighted by atomic mass is 10.2. The second kappa shape index (κ2) is 9.98. The molecule has 1 heterocycles.